The van der Waals surface area contributed by atoms with Gasteiger partial charge in [0.1, 0.15) is 5.60 Å². The molecule has 0 amide bonds. The first-order valence-electron chi connectivity index (χ1n) is 7.08. The summed E-state index contributed by atoms with van der Waals surface area (Å²) in [5.74, 6) is -0.554. The van der Waals surface area contributed by atoms with Crippen LogP contribution in [0.5, 0.6) is 0 Å². The van der Waals surface area contributed by atoms with E-state index >= 15 is 0 Å². The Balaban J connectivity index is 3.49. The molecule has 0 saturated heterocycles. The van der Waals surface area contributed by atoms with Gasteiger partial charge in [0, 0.05) is 11.3 Å². The normalized spacial score (nSPS) is 31.8. The van der Waals surface area contributed by atoms with Crippen LogP contribution < -0.4 is 0 Å². The van der Waals surface area contributed by atoms with Gasteiger partial charge < -0.3 is 5.11 Å². The molecule has 1 unspecified atom stereocenters. The van der Waals surface area contributed by atoms with E-state index in [2.05, 4.69) is 6.58 Å². The molecule has 1 N–H and O–H groups in total. The molecule has 0 aromatic heterocycles. The molecule has 0 heterocycles. The third-order valence-corrected chi connectivity index (χ3v) is 4.94. The smallest absolute Gasteiger partial charge is 0.162 e. The van der Waals surface area contributed by atoms with Gasteiger partial charge in [0.15, 0.2) is 11.6 Å². The summed E-state index contributed by atoms with van der Waals surface area (Å²) in [5.41, 5.74) is -2.63. The van der Waals surface area contributed by atoms with E-state index in [-0.39, 0.29) is 23.9 Å². The molecule has 1 aliphatic rings. The Morgan fingerprint density at radius 1 is 1.40 bits per heavy atom. The van der Waals surface area contributed by atoms with Gasteiger partial charge in [0.05, 0.1) is 5.41 Å². The van der Waals surface area contributed by atoms with Crippen molar-refractivity contribution in [3.05, 3.63) is 24.3 Å². The van der Waals surface area contributed by atoms with Crippen LogP contribution in [0.15, 0.2) is 24.3 Å². The number of hydrogen-bond acceptors (Lipinski definition) is 3. The summed E-state index contributed by atoms with van der Waals surface area (Å²) in [4.78, 5) is 24.9. The van der Waals surface area contributed by atoms with Crippen LogP contribution in [0.4, 0.5) is 0 Å². The summed E-state index contributed by atoms with van der Waals surface area (Å²) < 4.78 is 0. The lowest BCUT2D eigenvalue weighted by Crippen LogP contribution is -2.60. The van der Waals surface area contributed by atoms with Crippen LogP contribution in [-0.2, 0) is 9.59 Å². The predicted molar refractivity (Wildman–Crippen MR) is 80.3 cm³/mol. The van der Waals surface area contributed by atoms with E-state index in [0.717, 1.165) is 5.57 Å². The molecule has 0 aromatic rings. The van der Waals surface area contributed by atoms with E-state index in [1.54, 1.807) is 19.9 Å². The van der Waals surface area contributed by atoms with E-state index in [9.17, 15) is 14.7 Å². The van der Waals surface area contributed by atoms with Gasteiger partial charge >= 0.3 is 0 Å². The highest BCUT2D eigenvalue weighted by Gasteiger charge is 2.59. The van der Waals surface area contributed by atoms with Gasteiger partial charge in [-0.1, -0.05) is 45.1 Å². The Kier molecular flexibility index (Phi) is 4.17. The number of rotatable bonds is 4. The molecule has 1 aliphatic carbocycles. The molecule has 0 radical (unpaired) electrons. The van der Waals surface area contributed by atoms with Crippen molar-refractivity contribution in [2.75, 3.05) is 0 Å². The Bertz CT molecular complexity index is 486. The summed E-state index contributed by atoms with van der Waals surface area (Å²) in [6, 6.07) is 0. The molecule has 0 spiro atoms. The SMILES string of the molecule is C=C(C)[C@@H]1C=C[C@@](C)(C(O)(CC)C(C)=O)C(=O)C1(C)C. The van der Waals surface area contributed by atoms with E-state index in [0.29, 0.717) is 0 Å². The second-order valence-corrected chi connectivity index (χ2v) is 6.71. The van der Waals surface area contributed by atoms with Gasteiger partial charge in [-0.25, -0.2) is 0 Å². The van der Waals surface area contributed by atoms with Gasteiger partial charge in [0.25, 0.3) is 0 Å². The molecule has 0 aromatic carbocycles. The Hall–Kier alpha value is -1.22. The van der Waals surface area contributed by atoms with Crippen LogP contribution in [0.3, 0.4) is 0 Å². The van der Waals surface area contributed by atoms with Crippen molar-refractivity contribution in [2.45, 2.75) is 53.6 Å². The zero-order valence-corrected chi connectivity index (χ0v) is 13.4. The molecule has 0 saturated carbocycles. The number of hydrogen-bond donors (Lipinski definition) is 1. The van der Waals surface area contributed by atoms with Crippen LogP contribution in [0, 0.1) is 16.7 Å². The van der Waals surface area contributed by atoms with E-state index in [1.165, 1.54) is 6.92 Å². The van der Waals surface area contributed by atoms with Gasteiger partial charge in [-0.05, 0) is 27.2 Å². The van der Waals surface area contributed by atoms with E-state index < -0.39 is 16.4 Å². The fraction of sp³-hybridized carbons (Fsp3) is 0.647. The average Bonchev–Trinajstić information content (AvgIpc) is 2.34. The summed E-state index contributed by atoms with van der Waals surface area (Å²) in [5, 5.41) is 10.8. The minimum Gasteiger partial charge on any atom is -0.381 e. The first-order chi connectivity index (χ1) is 8.95. The monoisotopic (exact) mass is 278 g/mol. The molecule has 3 atom stereocenters. The number of aliphatic hydroxyl groups is 1. The largest absolute Gasteiger partial charge is 0.381 e. The third-order valence-electron chi connectivity index (χ3n) is 4.94. The van der Waals surface area contributed by atoms with Crippen molar-refractivity contribution >= 4 is 11.6 Å². The second kappa shape index (κ2) is 4.96. The van der Waals surface area contributed by atoms with Gasteiger partial charge in [-0.2, -0.15) is 0 Å². The van der Waals surface area contributed by atoms with Crippen LogP contribution in [-0.4, -0.2) is 22.3 Å². The molecular formula is C17H26O3. The molecule has 3 nitrogen and oxygen atoms in total. The van der Waals surface area contributed by atoms with E-state index in [1.807, 2.05) is 26.8 Å². The standard InChI is InChI=1S/C17H26O3/c1-8-17(20,12(4)18)16(7)10-9-13(11(2)3)15(5,6)14(16)19/h9-10,13,20H,2,8H2,1,3-7H3/t13-,16+,17?/m0/s1. The molecule has 112 valence electrons. The molecule has 0 bridgehead atoms. The van der Waals surface area contributed by atoms with Crippen molar-refractivity contribution in [1.82, 2.24) is 0 Å². The second-order valence-electron chi connectivity index (χ2n) is 6.71. The number of allylic oxidation sites excluding steroid dienone is 2. The quantitative estimate of drug-likeness (QED) is 0.804. The highest BCUT2D eigenvalue weighted by Crippen LogP contribution is 2.50. The maximum absolute atomic E-state index is 13.0. The van der Waals surface area contributed by atoms with Crippen molar-refractivity contribution in [1.29, 1.82) is 0 Å². The lowest BCUT2D eigenvalue weighted by atomic mass is 9.54. The Morgan fingerprint density at radius 2 is 1.90 bits per heavy atom. The van der Waals surface area contributed by atoms with Gasteiger partial charge in [-0.3, -0.25) is 9.59 Å². The zero-order valence-electron chi connectivity index (χ0n) is 13.4. The highest BCUT2D eigenvalue weighted by molar-refractivity contribution is 6.01. The third kappa shape index (κ3) is 2.08. The molecule has 1 rings (SSSR count). The summed E-state index contributed by atoms with van der Waals surface area (Å²) in [6.07, 6.45) is 3.82. The first kappa shape index (κ1) is 16.8. The fourth-order valence-corrected chi connectivity index (χ4v) is 3.50. The van der Waals surface area contributed by atoms with Crippen molar-refractivity contribution < 1.29 is 14.7 Å². The lowest BCUT2D eigenvalue weighted by molar-refractivity contribution is -0.163. The number of carbonyl (C=O) groups excluding carboxylic acids is 2. The van der Waals surface area contributed by atoms with Crippen molar-refractivity contribution in [3.8, 4) is 0 Å². The highest BCUT2D eigenvalue weighted by atomic mass is 16.3. The van der Waals surface area contributed by atoms with Crippen LogP contribution in [0.25, 0.3) is 0 Å². The molecule has 20 heavy (non-hydrogen) atoms. The fourth-order valence-electron chi connectivity index (χ4n) is 3.50. The topological polar surface area (TPSA) is 54.4 Å². The Labute approximate surface area is 121 Å². The Morgan fingerprint density at radius 3 is 2.25 bits per heavy atom. The molecule has 3 heteroatoms. The van der Waals surface area contributed by atoms with Crippen molar-refractivity contribution in [2.24, 2.45) is 16.7 Å². The van der Waals surface area contributed by atoms with Gasteiger partial charge in [0.2, 0.25) is 0 Å². The average molecular weight is 278 g/mol. The van der Waals surface area contributed by atoms with Crippen molar-refractivity contribution in [3.63, 3.8) is 0 Å². The molecule has 0 fully saturated rings. The first-order valence-corrected chi connectivity index (χ1v) is 7.08. The summed E-state index contributed by atoms with van der Waals surface area (Å²) in [7, 11) is 0. The summed E-state index contributed by atoms with van der Waals surface area (Å²) in [6.45, 7) is 14.3. The van der Waals surface area contributed by atoms with Crippen LogP contribution in [0.2, 0.25) is 0 Å². The molecule has 0 aliphatic heterocycles. The maximum Gasteiger partial charge on any atom is 0.162 e. The lowest BCUT2D eigenvalue weighted by Gasteiger charge is -2.48. The predicted octanol–water partition coefficient (Wildman–Crippen LogP) is 3.08. The van der Waals surface area contributed by atoms with Crippen LogP contribution in [0.1, 0.15) is 48.0 Å². The molecular weight excluding hydrogens is 252 g/mol. The minimum atomic E-state index is -1.65. The van der Waals surface area contributed by atoms with Gasteiger partial charge in [-0.15, -0.1) is 0 Å². The maximum atomic E-state index is 13.0. The summed E-state index contributed by atoms with van der Waals surface area (Å²) >= 11 is 0. The number of carbonyl (C=O) groups is 2. The minimum absolute atomic E-state index is 0.0730. The van der Waals surface area contributed by atoms with E-state index in [4.69, 9.17) is 0 Å². The number of Topliss-reactive ketones (excluding diaryl/α,β-unsaturated/α-hetero) is 2. The zero-order chi connectivity index (χ0) is 15.9. The van der Waals surface area contributed by atoms with Crippen LogP contribution >= 0.6 is 0 Å². The number of ketones is 2.